The SMILES string of the molecule is CCNC(COC(C)COC)(C(=O)OCC)C1CC1. The third-order valence-corrected chi connectivity index (χ3v) is 3.40. The molecule has 0 saturated heterocycles. The molecule has 0 aromatic heterocycles. The Morgan fingerprint density at radius 1 is 1.42 bits per heavy atom. The zero-order chi connectivity index (χ0) is 14.3. The minimum absolute atomic E-state index is 0.0313. The maximum absolute atomic E-state index is 12.3. The van der Waals surface area contributed by atoms with E-state index in [1.165, 1.54) is 0 Å². The first-order valence-electron chi connectivity index (χ1n) is 7.13. The first kappa shape index (κ1) is 16.4. The lowest BCUT2D eigenvalue weighted by Crippen LogP contribution is -2.58. The number of ether oxygens (including phenoxy) is 3. The number of methoxy groups -OCH3 is 1. The second-order valence-corrected chi connectivity index (χ2v) is 5.07. The monoisotopic (exact) mass is 273 g/mol. The molecule has 1 fully saturated rings. The summed E-state index contributed by atoms with van der Waals surface area (Å²) in [7, 11) is 1.64. The summed E-state index contributed by atoms with van der Waals surface area (Å²) < 4.78 is 16.1. The van der Waals surface area contributed by atoms with Crippen molar-refractivity contribution in [2.24, 2.45) is 5.92 Å². The Morgan fingerprint density at radius 2 is 2.11 bits per heavy atom. The number of rotatable bonds is 10. The van der Waals surface area contributed by atoms with Crippen LogP contribution in [0.4, 0.5) is 0 Å². The summed E-state index contributed by atoms with van der Waals surface area (Å²) in [4.78, 5) is 12.3. The van der Waals surface area contributed by atoms with Gasteiger partial charge in [0.05, 0.1) is 25.9 Å². The third kappa shape index (κ3) is 4.44. The van der Waals surface area contributed by atoms with Crippen LogP contribution in [-0.4, -0.2) is 51.1 Å². The predicted molar refractivity (Wildman–Crippen MR) is 73.1 cm³/mol. The number of carbonyl (C=O) groups excluding carboxylic acids is 1. The summed E-state index contributed by atoms with van der Waals surface area (Å²) in [6, 6.07) is 0. The highest BCUT2D eigenvalue weighted by Crippen LogP contribution is 2.41. The van der Waals surface area contributed by atoms with Crippen molar-refractivity contribution in [3.63, 3.8) is 0 Å². The van der Waals surface area contributed by atoms with Crippen LogP contribution in [0.5, 0.6) is 0 Å². The first-order valence-corrected chi connectivity index (χ1v) is 7.13. The molecule has 1 aliphatic rings. The van der Waals surface area contributed by atoms with E-state index in [1.54, 1.807) is 7.11 Å². The summed E-state index contributed by atoms with van der Waals surface area (Å²) in [5, 5.41) is 3.30. The van der Waals surface area contributed by atoms with Crippen molar-refractivity contribution in [2.75, 3.05) is 33.5 Å². The molecule has 19 heavy (non-hydrogen) atoms. The van der Waals surface area contributed by atoms with Gasteiger partial charge in [0, 0.05) is 7.11 Å². The smallest absolute Gasteiger partial charge is 0.329 e. The van der Waals surface area contributed by atoms with E-state index < -0.39 is 5.54 Å². The van der Waals surface area contributed by atoms with Gasteiger partial charge in [-0.25, -0.2) is 4.79 Å². The zero-order valence-corrected chi connectivity index (χ0v) is 12.5. The van der Waals surface area contributed by atoms with Gasteiger partial charge in [0.25, 0.3) is 0 Å². The van der Waals surface area contributed by atoms with Crippen molar-refractivity contribution in [1.82, 2.24) is 5.32 Å². The van der Waals surface area contributed by atoms with E-state index >= 15 is 0 Å². The Hall–Kier alpha value is -0.650. The van der Waals surface area contributed by atoms with Crippen molar-refractivity contribution in [2.45, 2.75) is 45.3 Å². The Balaban J connectivity index is 2.69. The fourth-order valence-corrected chi connectivity index (χ4v) is 2.32. The summed E-state index contributed by atoms with van der Waals surface area (Å²) in [5.41, 5.74) is -0.688. The molecule has 0 amide bonds. The molecule has 1 aliphatic carbocycles. The van der Waals surface area contributed by atoms with Gasteiger partial charge in [-0.2, -0.15) is 0 Å². The number of likely N-dealkylation sites (N-methyl/N-ethyl adjacent to an activating group) is 1. The average molecular weight is 273 g/mol. The average Bonchev–Trinajstić information content (AvgIpc) is 3.19. The molecule has 0 heterocycles. The van der Waals surface area contributed by atoms with Crippen LogP contribution in [0.25, 0.3) is 0 Å². The summed E-state index contributed by atoms with van der Waals surface area (Å²) in [5.74, 6) is 0.130. The molecule has 5 nitrogen and oxygen atoms in total. The van der Waals surface area contributed by atoms with Gasteiger partial charge in [-0.3, -0.25) is 5.32 Å². The van der Waals surface area contributed by atoms with Crippen molar-refractivity contribution >= 4 is 5.97 Å². The molecular formula is C14H27NO4. The van der Waals surface area contributed by atoms with Gasteiger partial charge >= 0.3 is 5.97 Å². The van der Waals surface area contributed by atoms with Gasteiger partial charge < -0.3 is 14.2 Å². The molecule has 1 rings (SSSR count). The Kier molecular flexibility index (Phi) is 6.75. The van der Waals surface area contributed by atoms with Crippen LogP contribution in [0.2, 0.25) is 0 Å². The van der Waals surface area contributed by atoms with E-state index in [4.69, 9.17) is 14.2 Å². The number of carbonyl (C=O) groups is 1. The van der Waals surface area contributed by atoms with Gasteiger partial charge in [0.2, 0.25) is 0 Å². The number of esters is 1. The quantitative estimate of drug-likeness (QED) is 0.609. The summed E-state index contributed by atoms with van der Waals surface area (Å²) >= 11 is 0. The van der Waals surface area contributed by atoms with Crippen LogP contribution in [0.15, 0.2) is 0 Å². The Labute approximate surface area is 116 Å². The molecule has 0 bridgehead atoms. The lowest BCUT2D eigenvalue weighted by molar-refractivity contribution is -0.157. The topological polar surface area (TPSA) is 56.8 Å². The fraction of sp³-hybridized carbons (Fsp3) is 0.929. The summed E-state index contributed by atoms with van der Waals surface area (Å²) in [6.45, 7) is 7.75. The summed E-state index contributed by atoms with van der Waals surface area (Å²) in [6.07, 6.45) is 2.07. The fourth-order valence-electron chi connectivity index (χ4n) is 2.32. The van der Waals surface area contributed by atoms with Crippen LogP contribution in [0.3, 0.4) is 0 Å². The van der Waals surface area contributed by atoms with Gasteiger partial charge in [-0.1, -0.05) is 6.92 Å². The van der Waals surface area contributed by atoms with Gasteiger partial charge in [-0.05, 0) is 39.2 Å². The number of hydrogen-bond donors (Lipinski definition) is 1. The van der Waals surface area contributed by atoms with E-state index in [2.05, 4.69) is 5.32 Å². The minimum Gasteiger partial charge on any atom is -0.465 e. The van der Waals surface area contributed by atoms with Crippen LogP contribution < -0.4 is 5.32 Å². The van der Waals surface area contributed by atoms with E-state index in [9.17, 15) is 4.79 Å². The predicted octanol–water partition coefficient (Wildman–Crippen LogP) is 1.36. The highest BCUT2D eigenvalue weighted by atomic mass is 16.5. The zero-order valence-electron chi connectivity index (χ0n) is 12.5. The van der Waals surface area contributed by atoms with Crippen LogP contribution in [-0.2, 0) is 19.0 Å². The highest BCUT2D eigenvalue weighted by Gasteiger charge is 2.52. The van der Waals surface area contributed by atoms with Gasteiger partial charge in [0.15, 0.2) is 0 Å². The lowest BCUT2D eigenvalue weighted by Gasteiger charge is -2.33. The number of nitrogens with one attached hydrogen (secondary N) is 1. The van der Waals surface area contributed by atoms with E-state index in [1.807, 2.05) is 20.8 Å². The standard InChI is InChI=1S/C14H27NO4/c1-5-15-14(12-7-8-12,13(16)18-6-2)10-19-11(3)9-17-4/h11-12,15H,5-10H2,1-4H3. The lowest BCUT2D eigenvalue weighted by atomic mass is 9.94. The molecule has 2 atom stereocenters. The Bertz CT molecular complexity index is 281. The van der Waals surface area contributed by atoms with Crippen LogP contribution in [0.1, 0.15) is 33.6 Å². The second kappa shape index (κ2) is 7.82. The largest absolute Gasteiger partial charge is 0.465 e. The molecule has 1 N–H and O–H groups in total. The highest BCUT2D eigenvalue weighted by molar-refractivity contribution is 5.82. The van der Waals surface area contributed by atoms with Crippen molar-refractivity contribution in [3.05, 3.63) is 0 Å². The van der Waals surface area contributed by atoms with E-state index in [-0.39, 0.29) is 12.1 Å². The molecule has 5 heteroatoms. The van der Waals surface area contributed by atoms with Crippen molar-refractivity contribution < 1.29 is 19.0 Å². The van der Waals surface area contributed by atoms with Crippen LogP contribution in [0, 0.1) is 5.92 Å². The van der Waals surface area contributed by atoms with E-state index in [0.717, 1.165) is 19.4 Å². The molecule has 112 valence electrons. The molecule has 0 aromatic rings. The second-order valence-electron chi connectivity index (χ2n) is 5.07. The maximum Gasteiger partial charge on any atom is 0.329 e. The van der Waals surface area contributed by atoms with Crippen molar-refractivity contribution in [1.29, 1.82) is 0 Å². The van der Waals surface area contributed by atoms with Crippen LogP contribution >= 0.6 is 0 Å². The van der Waals surface area contributed by atoms with Gasteiger partial charge in [0.1, 0.15) is 5.54 Å². The molecule has 0 aromatic carbocycles. The van der Waals surface area contributed by atoms with E-state index in [0.29, 0.717) is 25.7 Å². The third-order valence-electron chi connectivity index (χ3n) is 3.40. The normalized spacial score (nSPS) is 19.8. The van der Waals surface area contributed by atoms with Gasteiger partial charge in [-0.15, -0.1) is 0 Å². The minimum atomic E-state index is -0.688. The number of hydrogen-bond acceptors (Lipinski definition) is 5. The molecule has 0 radical (unpaired) electrons. The maximum atomic E-state index is 12.3. The van der Waals surface area contributed by atoms with Crippen molar-refractivity contribution in [3.8, 4) is 0 Å². The molecule has 0 spiro atoms. The molecule has 0 aliphatic heterocycles. The molecule has 1 saturated carbocycles. The first-order chi connectivity index (χ1) is 9.10. The molecular weight excluding hydrogens is 246 g/mol. The molecule has 2 unspecified atom stereocenters. The Morgan fingerprint density at radius 3 is 2.58 bits per heavy atom.